The average Bonchev–Trinajstić information content (AvgIpc) is 3.20. The average molecular weight is 411 g/mol. The van der Waals surface area contributed by atoms with E-state index in [1.807, 2.05) is 43.3 Å². The van der Waals surface area contributed by atoms with Crippen molar-refractivity contribution >= 4 is 43.6 Å². The zero-order chi connectivity index (χ0) is 20.5. The first-order chi connectivity index (χ1) is 14.7. The van der Waals surface area contributed by atoms with Gasteiger partial charge in [0.1, 0.15) is 0 Å². The van der Waals surface area contributed by atoms with Crippen LogP contribution in [0.2, 0.25) is 0 Å². The molecular formula is C23H17N5OS. The lowest BCUT2D eigenvalue weighted by Crippen LogP contribution is -2.30. The highest BCUT2D eigenvalue weighted by atomic mass is 32.1. The highest BCUT2D eigenvalue weighted by molar-refractivity contribution is 7.22. The van der Waals surface area contributed by atoms with Crippen LogP contribution in [0.1, 0.15) is 21.6 Å². The maximum Gasteiger partial charge on any atom is 0.260 e. The molecule has 0 unspecified atom stereocenters. The van der Waals surface area contributed by atoms with E-state index in [2.05, 4.69) is 21.0 Å². The number of benzene rings is 2. The molecule has 2 aromatic carbocycles. The smallest absolute Gasteiger partial charge is 0.260 e. The summed E-state index contributed by atoms with van der Waals surface area (Å²) < 4.78 is 1.05. The van der Waals surface area contributed by atoms with Crippen molar-refractivity contribution in [3.63, 3.8) is 0 Å². The van der Waals surface area contributed by atoms with Crippen LogP contribution in [0.15, 0.2) is 73.2 Å². The Bertz CT molecular complexity index is 1370. The Morgan fingerprint density at radius 1 is 0.900 bits per heavy atom. The molecule has 146 valence electrons. The van der Waals surface area contributed by atoms with Crippen molar-refractivity contribution in [2.45, 2.75) is 13.5 Å². The molecule has 0 N–H and O–H groups in total. The van der Waals surface area contributed by atoms with Gasteiger partial charge < -0.3 is 0 Å². The molecule has 5 rings (SSSR count). The first kappa shape index (κ1) is 18.3. The van der Waals surface area contributed by atoms with Crippen LogP contribution in [-0.2, 0) is 6.54 Å². The van der Waals surface area contributed by atoms with Gasteiger partial charge in [-0.3, -0.25) is 24.6 Å². The van der Waals surface area contributed by atoms with E-state index in [0.29, 0.717) is 22.8 Å². The van der Waals surface area contributed by atoms with Gasteiger partial charge in [0.2, 0.25) is 0 Å². The number of thiazole rings is 1. The van der Waals surface area contributed by atoms with E-state index in [-0.39, 0.29) is 5.91 Å². The van der Waals surface area contributed by atoms with E-state index in [1.54, 1.807) is 35.6 Å². The topological polar surface area (TPSA) is 71.9 Å². The van der Waals surface area contributed by atoms with Crippen LogP contribution in [0.3, 0.4) is 0 Å². The third-order valence-corrected chi connectivity index (χ3v) is 5.81. The minimum Gasteiger partial charge on any atom is -0.278 e. The van der Waals surface area contributed by atoms with Gasteiger partial charge in [-0.1, -0.05) is 23.5 Å². The van der Waals surface area contributed by atoms with Gasteiger partial charge in [0.05, 0.1) is 33.5 Å². The number of carbonyl (C=O) groups is 1. The van der Waals surface area contributed by atoms with Crippen molar-refractivity contribution in [3.8, 4) is 0 Å². The third-order valence-electron chi connectivity index (χ3n) is 4.77. The minimum atomic E-state index is -0.149. The summed E-state index contributed by atoms with van der Waals surface area (Å²) in [7, 11) is 0. The molecule has 0 aliphatic rings. The van der Waals surface area contributed by atoms with Gasteiger partial charge in [0, 0.05) is 24.2 Å². The Kier molecular flexibility index (Phi) is 4.65. The van der Waals surface area contributed by atoms with Gasteiger partial charge in [-0.05, 0) is 55.0 Å². The van der Waals surface area contributed by atoms with E-state index in [0.717, 1.165) is 27.0 Å². The Balaban J connectivity index is 1.59. The Morgan fingerprint density at radius 3 is 2.57 bits per heavy atom. The van der Waals surface area contributed by atoms with E-state index >= 15 is 0 Å². The molecule has 30 heavy (non-hydrogen) atoms. The fourth-order valence-electron chi connectivity index (χ4n) is 3.27. The summed E-state index contributed by atoms with van der Waals surface area (Å²) in [6, 6.07) is 17.1. The number of pyridine rings is 1. The molecule has 0 saturated carbocycles. The number of nitrogens with zero attached hydrogens (tertiary/aromatic N) is 5. The van der Waals surface area contributed by atoms with Crippen molar-refractivity contribution < 1.29 is 4.79 Å². The summed E-state index contributed by atoms with van der Waals surface area (Å²) in [4.78, 5) is 33.0. The third kappa shape index (κ3) is 3.51. The number of aryl methyl sites for hydroxylation is 1. The van der Waals surface area contributed by atoms with Gasteiger partial charge in [-0.2, -0.15) is 0 Å². The van der Waals surface area contributed by atoms with Crippen LogP contribution >= 0.6 is 11.3 Å². The summed E-state index contributed by atoms with van der Waals surface area (Å²) in [6.45, 7) is 2.38. The summed E-state index contributed by atoms with van der Waals surface area (Å²) in [5.74, 6) is -0.149. The number of anilines is 1. The fraction of sp³-hybridized carbons (Fsp3) is 0.0870. The van der Waals surface area contributed by atoms with Gasteiger partial charge >= 0.3 is 0 Å². The predicted molar refractivity (Wildman–Crippen MR) is 119 cm³/mol. The molecule has 7 heteroatoms. The zero-order valence-corrected chi connectivity index (χ0v) is 17.0. The first-order valence-corrected chi connectivity index (χ1v) is 10.3. The molecule has 3 heterocycles. The number of carbonyl (C=O) groups excluding carboxylic acids is 1. The number of amides is 1. The first-order valence-electron chi connectivity index (χ1n) is 9.47. The van der Waals surface area contributed by atoms with E-state index in [4.69, 9.17) is 4.98 Å². The molecule has 0 fully saturated rings. The largest absolute Gasteiger partial charge is 0.278 e. The molecule has 3 aromatic heterocycles. The molecule has 1 amide bonds. The summed E-state index contributed by atoms with van der Waals surface area (Å²) in [5.41, 5.74) is 4.80. The molecule has 6 nitrogen and oxygen atoms in total. The standard InChI is InChI=1S/C23H17N5OS/c1-15-5-7-19-21(12-15)30-23(27-19)28(14-17-4-2-3-9-24-17)22(29)16-6-8-18-20(13-16)26-11-10-25-18/h2-13H,14H2,1H3. The number of fused-ring (bicyclic) bond motifs is 2. The molecule has 5 aromatic rings. The van der Waals surface area contributed by atoms with E-state index in [1.165, 1.54) is 11.3 Å². The van der Waals surface area contributed by atoms with E-state index in [9.17, 15) is 4.79 Å². The Labute approximate surface area is 176 Å². The maximum atomic E-state index is 13.6. The predicted octanol–water partition coefficient (Wildman–Crippen LogP) is 4.79. The molecular weight excluding hydrogens is 394 g/mol. The monoisotopic (exact) mass is 411 g/mol. The fourth-order valence-corrected chi connectivity index (χ4v) is 4.33. The second-order valence-corrected chi connectivity index (χ2v) is 7.95. The summed E-state index contributed by atoms with van der Waals surface area (Å²) in [6.07, 6.45) is 4.99. The lowest BCUT2D eigenvalue weighted by atomic mass is 10.1. The Hall–Kier alpha value is -3.71. The van der Waals surface area contributed by atoms with Crippen LogP contribution < -0.4 is 4.90 Å². The summed E-state index contributed by atoms with van der Waals surface area (Å²) in [5, 5.41) is 0.644. The quantitative estimate of drug-likeness (QED) is 0.425. The highest BCUT2D eigenvalue weighted by Gasteiger charge is 2.22. The van der Waals surface area contributed by atoms with Gasteiger partial charge in [-0.15, -0.1) is 0 Å². The van der Waals surface area contributed by atoms with Crippen molar-refractivity contribution in [2.75, 3.05) is 4.90 Å². The normalized spacial score (nSPS) is 11.1. The molecule has 0 radical (unpaired) electrons. The van der Waals surface area contributed by atoms with Crippen molar-refractivity contribution in [1.82, 2.24) is 19.9 Å². The van der Waals surface area contributed by atoms with Crippen molar-refractivity contribution in [3.05, 3.63) is 90.0 Å². The highest BCUT2D eigenvalue weighted by Crippen LogP contribution is 2.31. The van der Waals surface area contributed by atoms with Crippen molar-refractivity contribution in [1.29, 1.82) is 0 Å². The van der Waals surface area contributed by atoms with Gasteiger partial charge in [-0.25, -0.2) is 4.98 Å². The molecule has 0 aliphatic carbocycles. The van der Waals surface area contributed by atoms with Gasteiger partial charge in [0.15, 0.2) is 5.13 Å². The van der Waals surface area contributed by atoms with Crippen LogP contribution in [-0.4, -0.2) is 25.8 Å². The summed E-state index contributed by atoms with van der Waals surface area (Å²) >= 11 is 1.50. The molecule has 0 bridgehead atoms. The lowest BCUT2D eigenvalue weighted by Gasteiger charge is -2.19. The number of aromatic nitrogens is 4. The number of hydrogen-bond donors (Lipinski definition) is 0. The zero-order valence-electron chi connectivity index (χ0n) is 16.2. The molecule has 0 atom stereocenters. The molecule has 0 aliphatic heterocycles. The van der Waals surface area contributed by atoms with Gasteiger partial charge in [0.25, 0.3) is 5.91 Å². The van der Waals surface area contributed by atoms with Crippen molar-refractivity contribution in [2.24, 2.45) is 0 Å². The van der Waals surface area contributed by atoms with Crippen LogP contribution in [0.5, 0.6) is 0 Å². The Morgan fingerprint density at radius 2 is 1.73 bits per heavy atom. The van der Waals surface area contributed by atoms with Crippen LogP contribution in [0, 0.1) is 6.92 Å². The van der Waals surface area contributed by atoms with Crippen LogP contribution in [0.4, 0.5) is 5.13 Å². The molecule has 0 spiro atoms. The SMILES string of the molecule is Cc1ccc2nc(N(Cc3ccccn3)C(=O)c3ccc4nccnc4c3)sc2c1. The van der Waals surface area contributed by atoms with Crippen LogP contribution in [0.25, 0.3) is 21.3 Å². The second-order valence-electron chi connectivity index (χ2n) is 6.94. The maximum absolute atomic E-state index is 13.6. The number of rotatable bonds is 4. The minimum absolute atomic E-state index is 0.149. The molecule has 0 saturated heterocycles. The second kappa shape index (κ2) is 7.61. The lowest BCUT2D eigenvalue weighted by molar-refractivity contribution is 0.0985. The van der Waals surface area contributed by atoms with E-state index < -0.39 is 0 Å². The number of hydrogen-bond acceptors (Lipinski definition) is 6.